The highest BCUT2D eigenvalue weighted by Gasteiger charge is 2.23. The minimum absolute atomic E-state index is 0.0455. The molecular weight excluding hydrogens is 316 g/mol. The van der Waals surface area contributed by atoms with Crippen molar-refractivity contribution in [3.63, 3.8) is 0 Å². The van der Waals surface area contributed by atoms with Gasteiger partial charge in [-0.1, -0.05) is 36.4 Å². The Bertz CT molecular complexity index is 646. The molecule has 0 aliphatic rings. The van der Waals surface area contributed by atoms with E-state index in [1.165, 1.54) is 0 Å². The number of hydrogen-bond acceptors (Lipinski definition) is 3. The summed E-state index contributed by atoms with van der Waals surface area (Å²) < 4.78 is 10.6. The van der Waals surface area contributed by atoms with Gasteiger partial charge >= 0.3 is 0 Å². The van der Waals surface area contributed by atoms with Gasteiger partial charge in [0.05, 0.1) is 20.3 Å². The highest BCUT2D eigenvalue weighted by atomic mass is 16.5. The predicted octanol–water partition coefficient (Wildman–Crippen LogP) is 2.37. The van der Waals surface area contributed by atoms with Crippen molar-refractivity contribution in [3.8, 4) is 5.75 Å². The zero-order valence-electron chi connectivity index (χ0n) is 14.9. The molecule has 0 saturated carbocycles. The van der Waals surface area contributed by atoms with Crippen molar-refractivity contribution >= 4 is 11.6 Å². The Morgan fingerprint density at radius 3 is 2.68 bits per heavy atom. The van der Waals surface area contributed by atoms with Crippen LogP contribution in [0.25, 0.3) is 0 Å². The third-order valence-electron chi connectivity index (χ3n) is 3.88. The van der Waals surface area contributed by atoms with E-state index in [0.29, 0.717) is 6.61 Å². The molecule has 0 spiro atoms. The second-order valence-corrected chi connectivity index (χ2v) is 5.68. The summed E-state index contributed by atoms with van der Waals surface area (Å²) in [6.45, 7) is 4.24. The first kappa shape index (κ1) is 19.0. The molecule has 0 aliphatic heterocycles. The number of benzene rings is 2. The third-order valence-corrected chi connectivity index (χ3v) is 3.88. The van der Waals surface area contributed by atoms with Crippen LogP contribution < -0.4 is 15.4 Å². The molecule has 0 fully saturated rings. The molecule has 5 heteroatoms. The Morgan fingerprint density at radius 1 is 1.16 bits per heavy atom. The summed E-state index contributed by atoms with van der Waals surface area (Å²) in [5, 5.41) is 5.05. The van der Waals surface area contributed by atoms with E-state index < -0.39 is 0 Å². The Morgan fingerprint density at radius 2 is 1.96 bits per heavy atom. The molecule has 134 valence electrons. The molecular formula is C20H27N2O3+. The highest BCUT2D eigenvalue weighted by molar-refractivity contribution is 5.94. The molecule has 1 atom stereocenters. The molecule has 2 aromatic rings. The fourth-order valence-corrected chi connectivity index (χ4v) is 2.59. The van der Waals surface area contributed by atoms with Crippen LogP contribution in [0.3, 0.4) is 0 Å². The van der Waals surface area contributed by atoms with Gasteiger partial charge in [-0.25, -0.2) is 0 Å². The fourth-order valence-electron chi connectivity index (χ4n) is 2.59. The largest absolute Gasteiger partial charge is 0.497 e. The number of methoxy groups -OCH3 is 1. The molecule has 25 heavy (non-hydrogen) atoms. The Hall–Kier alpha value is -2.37. The van der Waals surface area contributed by atoms with Crippen LogP contribution in [0.1, 0.15) is 24.9 Å². The topological polar surface area (TPSA) is 64.2 Å². The zero-order chi connectivity index (χ0) is 17.9. The fraction of sp³-hybridized carbons (Fsp3) is 0.350. The lowest BCUT2D eigenvalue weighted by atomic mass is 10.1. The number of carbonyl (C=O) groups excluding carboxylic acids is 1. The molecule has 0 aromatic heterocycles. The van der Waals surface area contributed by atoms with Crippen LogP contribution in [0.15, 0.2) is 54.6 Å². The van der Waals surface area contributed by atoms with Crippen molar-refractivity contribution in [2.45, 2.75) is 19.4 Å². The third kappa shape index (κ3) is 6.21. The molecule has 0 aliphatic carbocycles. The summed E-state index contributed by atoms with van der Waals surface area (Å²) >= 11 is 0. The molecule has 2 aromatic carbocycles. The number of anilines is 1. The monoisotopic (exact) mass is 343 g/mol. The Labute approximate surface area is 149 Å². The second kappa shape index (κ2) is 10.5. The van der Waals surface area contributed by atoms with Crippen molar-refractivity contribution in [2.24, 2.45) is 0 Å². The number of nitrogens with one attached hydrogen (secondary N) is 1. The van der Waals surface area contributed by atoms with E-state index >= 15 is 0 Å². The first-order chi connectivity index (χ1) is 12.2. The highest BCUT2D eigenvalue weighted by Crippen LogP contribution is 2.18. The maximum atomic E-state index is 12.8. The van der Waals surface area contributed by atoms with Crippen molar-refractivity contribution in [1.82, 2.24) is 0 Å². The number of carbonyl (C=O) groups is 1. The maximum Gasteiger partial charge on any atom is 0.287 e. The van der Waals surface area contributed by atoms with E-state index in [9.17, 15) is 4.79 Å². The molecule has 5 nitrogen and oxygen atoms in total. The SMILES string of the molecule is CCOCCC[NH2+][C@H](C(=O)Nc1cccc(OC)c1)c1ccccc1. The quantitative estimate of drug-likeness (QED) is 0.651. The van der Waals surface area contributed by atoms with Gasteiger partial charge in [-0.3, -0.25) is 4.79 Å². The van der Waals surface area contributed by atoms with Gasteiger partial charge in [0.2, 0.25) is 0 Å². The van der Waals surface area contributed by atoms with Gasteiger partial charge in [-0.05, 0) is 19.1 Å². The van der Waals surface area contributed by atoms with Crippen molar-refractivity contribution < 1.29 is 19.6 Å². The van der Waals surface area contributed by atoms with Gasteiger partial charge < -0.3 is 20.1 Å². The van der Waals surface area contributed by atoms with Gasteiger partial charge in [-0.2, -0.15) is 0 Å². The van der Waals surface area contributed by atoms with Crippen molar-refractivity contribution in [3.05, 3.63) is 60.2 Å². The summed E-state index contributed by atoms with van der Waals surface area (Å²) in [6.07, 6.45) is 0.906. The van der Waals surface area contributed by atoms with Crippen LogP contribution in [0.4, 0.5) is 5.69 Å². The van der Waals surface area contributed by atoms with Gasteiger partial charge in [-0.15, -0.1) is 0 Å². The average molecular weight is 343 g/mol. The number of ether oxygens (including phenoxy) is 2. The summed E-state index contributed by atoms with van der Waals surface area (Å²) in [6, 6.07) is 16.9. The van der Waals surface area contributed by atoms with E-state index in [4.69, 9.17) is 9.47 Å². The predicted molar refractivity (Wildman–Crippen MR) is 98.7 cm³/mol. The zero-order valence-corrected chi connectivity index (χ0v) is 14.9. The Balaban J connectivity index is 2.04. The molecule has 0 saturated heterocycles. The van der Waals surface area contributed by atoms with Crippen LogP contribution in [0.2, 0.25) is 0 Å². The number of amides is 1. The molecule has 0 heterocycles. The van der Waals surface area contributed by atoms with Crippen molar-refractivity contribution in [2.75, 3.05) is 32.2 Å². The van der Waals surface area contributed by atoms with E-state index in [1.807, 2.05) is 61.5 Å². The molecule has 3 N–H and O–H groups in total. The minimum atomic E-state index is -0.297. The lowest BCUT2D eigenvalue weighted by Gasteiger charge is -2.16. The van der Waals surface area contributed by atoms with Gasteiger partial charge in [0.15, 0.2) is 6.04 Å². The van der Waals surface area contributed by atoms with Crippen molar-refractivity contribution in [1.29, 1.82) is 0 Å². The summed E-state index contributed by atoms with van der Waals surface area (Å²) in [5.41, 5.74) is 1.72. The lowest BCUT2D eigenvalue weighted by molar-refractivity contribution is -0.682. The van der Waals surface area contributed by atoms with Crippen LogP contribution in [0.5, 0.6) is 5.75 Å². The molecule has 0 radical (unpaired) electrons. The van der Waals surface area contributed by atoms with Crippen LogP contribution >= 0.6 is 0 Å². The molecule has 0 bridgehead atoms. The number of quaternary nitrogens is 1. The molecule has 0 unspecified atom stereocenters. The maximum absolute atomic E-state index is 12.8. The normalized spacial score (nSPS) is 11.8. The summed E-state index contributed by atoms with van der Waals surface area (Å²) in [4.78, 5) is 12.8. The van der Waals surface area contributed by atoms with E-state index in [2.05, 4.69) is 10.6 Å². The number of nitrogens with two attached hydrogens (primary N) is 1. The van der Waals surface area contributed by atoms with E-state index in [0.717, 1.165) is 36.6 Å². The van der Waals surface area contributed by atoms with Gasteiger partial charge in [0.25, 0.3) is 5.91 Å². The first-order valence-corrected chi connectivity index (χ1v) is 8.65. The second-order valence-electron chi connectivity index (χ2n) is 5.68. The van der Waals surface area contributed by atoms with Crippen LogP contribution in [-0.2, 0) is 9.53 Å². The van der Waals surface area contributed by atoms with Gasteiger partial charge in [0, 0.05) is 30.3 Å². The molecule has 1 amide bonds. The average Bonchev–Trinajstić information content (AvgIpc) is 2.65. The molecule has 2 rings (SSSR count). The van der Waals surface area contributed by atoms with Gasteiger partial charge in [0.1, 0.15) is 5.75 Å². The van der Waals surface area contributed by atoms with E-state index in [1.54, 1.807) is 7.11 Å². The number of rotatable bonds is 10. The standard InChI is InChI=1S/C20H26N2O3/c1-3-25-14-8-13-21-19(16-9-5-4-6-10-16)20(23)22-17-11-7-12-18(15-17)24-2/h4-7,9-12,15,19,21H,3,8,13-14H2,1-2H3,(H,22,23)/p+1/t19-/m0/s1. The Kier molecular flexibility index (Phi) is 7.95. The lowest BCUT2D eigenvalue weighted by Crippen LogP contribution is -2.87. The first-order valence-electron chi connectivity index (χ1n) is 8.65. The summed E-state index contributed by atoms with van der Waals surface area (Å²) in [5.74, 6) is 0.672. The minimum Gasteiger partial charge on any atom is -0.497 e. The van der Waals surface area contributed by atoms with Crippen LogP contribution in [0, 0.1) is 0 Å². The van der Waals surface area contributed by atoms with Crippen LogP contribution in [-0.4, -0.2) is 32.8 Å². The summed E-state index contributed by atoms with van der Waals surface area (Å²) in [7, 11) is 1.61. The van der Waals surface area contributed by atoms with E-state index in [-0.39, 0.29) is 11.9 Å². The number of hydrogen-bond donors (Lipinski definition) is 2. The smallest absolute Gasteiger partial charge is 0.287 e.